The lowest BCUT2D eigenvalue weighted by molar-refractivity contribution is -0.128. The smallest absolute Gasteiger partial charge is 0.384 e. The number of alkyl halides is 3. The summed E-state index contributed by atoms with van der Waals surface area (Å²) in [6, 6.07) is 8.25. The van der Waals surface area contributed by atoms with Crippen LogP contribution in [0.3, 0.4) is 0 Å². The van der Waals surface area contributed by atoms with Gasteiger partial charge in [-0.25, -0.2) is 9.67 Å². The third kappa shape index (κ3) is 3.62. The molecule has 2 heterocycles. The van der Waals surface area contributed by atoms with Crippen molar-refractivity contribution in [3.8, 4) is 5.69 Å². The Labute approximate surface area is 146 Å². The Morgan fingerprint density at radius 2 is 1.96 bits per heavy atom. The van der Waals surface area contributed by atoms with E-state index < -0.39 is 12.6 Å². The van der Waals surface area contributed by atoms with Gasteiger partial charge in [0.1, 0.15) is 12.2 Å². The number of para-hydroxylation sites is 1. The van der Waals surface area contributed by atoms with Crippen molar-refractivity contribution in [2.24, 2.45) is 7.05 Å². The zero-order valence-corrected chi connectivity index (χ0v) is 14.2. The fourth-order valence-electron chi connectivity index (χ4n) is 2.75. The Hall–Kier alpha value is -2.68. The van der Waals surface area contributed by atoms with Gasteiger partial charge in [-0.3, -0.25) is 4.79 Å². The van der Waals surface area contributed by atoms with Crippen molar-refractivity contribution in [3.63, 3.8) is 0 Å². The fourth-order valence-corrected chi connectivity index (χ4v) is 2.75. The van der Waals surface area contributed by atoms with Crippen LogP contribution >= 0.6 is 0 Å². The lowest BCUT2D eigenvalue weighted by atomic mass is 10.2. The Kier molecular flexibility index (Phi) is 4.82. The van der Waals surface area contributed by atoms with E-state index in [1.165, 1.54) is 17.7 Å². The number of fused-ring (bicyclic) bond motifs is 1. The molecular formula is C17H17F3N4O2. The van der Waals surface area contributed by atoms with Crippen LogP contribution in [-0.2, 0) is 24.6 Å². The van der Waals surface area contributed by atoms with Crippen molar-refractivity contribution < 1.29 is 17.9 Å². The maximum Gasteiger partial charge on any atom is 0.396 e. The van der Waals surface area contributed by atoms with Crippen LogP contribution in [0, 0.1) is 0 Å². The number of methoxy groups -OCH3 is 1. The third-order valence-electron chi connectivity index (χ3n) is 3.97. The predicted octanol–water partition coefficient (Wildman–Crippen LogP) is 2.41. The van der Waals surface area contributed by atoms with Gasteiger partial charge in [0.2, 0.25) is 0 Å². The van der Waals surface area contributed by atoms with Crippen molar-refractivity contribution >= 4 is 10.9 Å². The zero-order valence-electron chi connectivity index (χ0n) is 14.2. The first-order valence-corrected chi connectivity index (χ1v) is 7.90. The van der Waals surface area contributed by atoms with Crippen LogP contribution in [0.5, 0.6) is 0 Å². The van der Waals surface area contributed by atoms with Crippen molar-refractivity contribution in [1.29, 1.82) is 0 Å². The molecule has 0 N–H and O–H groups in total. The molecule has 0 unspecified atom stereocenters. The molecule has 0 aliphatic heterocycles. The maximum absolute atomic E-state index is 13.0. The number of pyridine rings is 1. The summed E-state index contributed by atoms with van der Waals surface area (Å²) in [5, 5.41) is 4.81. The number of halogens is 3. The summed E-state index contributed by atoms with van der Waals surface area (Å²) in [5.41, 5.74) is 0.534. The molecule has 2 aromatic heterocycles. The van der Waals surface area contributed by atoms with Gasteiger partial charge in [0.05, 0.1) is 17.8 Å². The highest BCUT2D eigenvalue weighted by atomic mass is 19.4. The summed E-state index contributed by atoms with van der Waals surface area (Å²) in [7, 11) is 3.10. The lowest BCUT2D eigenvalue weighted by Gasteiger charge is -2.12. The summed E-state index contributed by atoms with van der Waals surface area (Å²) in [6.45, 7) is 0.284. The van der Waals surface area contributed by atoms with Crippen molar-refractivity contribution in [1.82, 2.24) is 19.3 Å². The third-order valence-corrected chi connectivity index (χ3v) is 3.97. The molecule has 0 bridgehead atoms. The Morgan fingerprint density at radius 1 is 1.23 bits per heavy atom. The molecule has 138 valence electrons. The highest BCUT2D eigenvalue weighted by Crippen LogP contribution is 2.25. The van der Waals surface area contributed by atoms with Gasteiger partial charge in [-0.15, -0.1) is 0 Å². The molecule has 0 aliphatic carbocycles. The number of hydrogen-bond donors (Lipinski definition) is 0. The minimum Gasteiger partial charge on any atom is -0.384 e. The average molecular weight is 366 g/mol. The number of benzene rings is 1. The zero-order chi connectivity index (χ0) is 18.9. The molecule has 3 rings (SSSR count). The van der Waals surface area contributed by atoms with Crippen molar-refractivity contribution in [2.45, 2.75) is 19.0 Å². The van der Waals surface area contributed by atoms with Crippen LogP contribution in [0.1, 0.15) is 11.6 Å². The molecule has 0 spiro atoms. The van der Waals surface area contributed by atoms with Crippen molar-refractivity contribution in [2.75, 3.05) is 13.7 Å². The highest BCUT2D eigenvalue weighted by molar-refractivity contribution is 5.87. The summed E-state index contributed by atoms with van der Waals surface area (Å²) >= 11 is 0. The molecule has 0 fully saturated rings. The van der Waals surface area contributed by atoms with Gasteiger partial charge in [0, 0.05) is 32.0 Å². The highest BCUT2D eigenvalue weighted by Gasteiger charge is 2.32. The van der Waals surface area contributed by atoms with E-state index in [2.05, 4.69) is 10.1 Å². The summed E-state index contributed by atoms with van der Waals surface area (Å²) in [5.74, 6) is -0.0298. The van der Waals surface area contributed by atoms with Gasteiger partial charge in [0.15, 0.2) is 5.82 Å². The number of rotatable bonds is 5. The molecule has 3 aromatic rings. The number of aryl methyl sites for hydroxylation is 1. The summed E-state index contributed by atoms with van der Waals surface area (Å²) in [4.78, 5) is 16.3. The average Bonchev–Trinajstić information content (AvgIpc) is 2.97. The van der Waals surface area contributed by atoms with Crippen LogP contribution in [-0.4, -0.2) is 39.2 Å². The first-order valence-electron chi connectivity index (χ1n) is 7.90. The van der Waals surface area contributed by atoms with E-state index in [1.807, 2.05) is 0 Å². The van der Waals surface area contributed by atoms with E-state index in [0.29, 0.717) is 10.9 Å². The lowest BCUT2D eigenvalue weighted by Crippen LogP contribution is -2.20. The van der Waals surface area contributed by atoms with Gasteiger partial charge in [-0.1, -0.05) is 18.2 Å². The molecule has 0 amide bonds. The van der Waals surface area contributed by atoms with Gasteiger partial charge < -0.3 is 9.30 Å². The molecule has 0 atom stereocenters. The first kappa shape index (κ1) is 18.1. The van der Waals surface area contributed by atoms with Crippen LogP contribution in [0.4, 0.5) is 13.2 Å². The van der Waals surface area contributed by atoms with E-state index >= 15 is 0 Å². The maximum atomic E-state index is 13.0. The van der Waals surface area contributed by atoms with Crippen LogP contribution < -0.4 is 5.56 Å². The Balaban J connectivity index is 2.22. The van der Waals surface area contributed by atoms with Crippen LogP contribution in [0.15, 0.2) is 35.1 Å². The number of ether oxygens (including phenoxy) is 1. The molecule has 1 aromatic carbocycles. The monoisotopic (exact) mass is 366 g/mol. The van der Waals surface area contributed by atoms with Gasteiger partial charge in [-0.2, -0.15) is 18.3 Å². The molecule has 26 heavy (non-hydrogen) atoms. The Morgan fingerprint density at radius 3 is 2.65 bits per heavy atom. The second-order valence-corrected chi connectivity index (χ2v) is 5.83. The van der Waals surface area contributed by atoms with Gasteiger partial charge in [-0.05, 0) is 6.07 Å². The van der Waals surface area contributed by atoms with E-state index in [0.717, 1.165) is 4.68 Å². The first-order chi connectivity index (χ1) is 12.3. The van der Waals surface area contributed by atoms with Gasteiger partial charge >= 0.3 is 6.18 Å². The van der Waals surface area contributed by atoms with Crippen LogP contribution in [0.25, 0.3) is 16.6 Å². The van der Waals surface area contributed by atoms with E-state index in [9.17, 15) is 18.0 Å². The fraction of sp³-hybridized carbons (Fsp3) is 0.353. The molecule has 6 nitrogen and oxygen atoms in total. The quantitative estimate of drug-likeness (QED) is 0.696. The molecule has 0 saturated heterocycles. The molecule has 9 heteroatoms. The SMILES string of the molecule is COCCc1nc(CC(F)(F)F)n(-c2cc(=O)n(C)c3ccccc23)n1. The van der Waals surface area contributed by atoms with E-state index in [4.69, 9.17) is 4.74 Å². The largest absolute Gasteiger partial charge is 0.396 e. The minimum atomic E-state index is -4.45. The number of nitrogens with zero attached hydrogens (tertiary/aromatic N) is 4. The second-order valence-electron chi connectivity index (χ2n) is 5.83. The minimum absolute atomic E-state index is 0.232. The van der Waals surface area contributed by atoms with E-state index in [-0.39, 0.29) is 35.9 Å². The Bertz CT molecular complexity index is 992. The molecular weight excluding hydrogens is 349 g/mol. The van der Waals surface area contributed by atoms with E-state index in [1.54, 1.807) is 31.3 Å². The van der Waals surface area contributed by atoms with Crippen molar-refractivity contribution in [3.05, 3.63) is 52.3 Å². The predicted molar refractivity (Wildman–Crippen MR) is 89.4 cm³/mol. The normalized spacial score (nSPS) is 12.0. The standard InChI is InChI=1S/C17H17F3N4O2/c1-23-12-6-4-3-5-11(12)13(9-16(23)25)24-15(10-17(18,19)20)21-14(22-24)7-8-26-2/h3-6,9H,7-8,10H2,1-2H3. The topological polar surface area (TPSA) is 61.9 Å². The molecule has 0 aliphatic rings. The van der Waals surface area contributed by atoms with Crippen LogP contribution in [0.2, 0.25) is 0 Å². The summed E-state index contributed by atoms with van der Waals surface area (Å²) < 4.78 is 46.4. The molecule has 0 radical (unpaired) electrons. The second kappa shape index (κ2) is 6.91. The number of aromatic nitrogens is 4. The van der Waals surface area contributed by atoms with Gasteiger partial charge in [0.25, 0.3) is 5.56 Å². The molecule has 0 saturated carbocycles. The number of hydrogen-bond acceptors (Lipinski definition) is 4. The summed E-state index contributed by atoms with van der Waals surface area (Å²) in [6.07, 6.45) is -5.41.